The molecule has 0 spiro atoms. The average molecular weight is 330 g/mol. The van der Waals surface area contributed by atoms with E-state index < -0.39 is 10.0 Å². The highest BCUT2D eigenvalue weighted by Gasteiger charge is 2.32. The number of sulfonamides is 1. The molecule has 0 aliphatic carbocycles. The summed E-state index contributed by atoms with van der Waals surface area (Å²) in [6.45, 7) is 2.05. The van der Waals surface area contributed by atoms with Gasteiger partial charge in [-0.2, -0.15) is 4.31 Å². The lowest BCUT2D eigenvalue weighted by Crippen LogP contribution is -2.30. The van der Waals surface area contributed by atoms with Gasteiger partial charge in [0.2, 0.25) is 10.0 Å². The van der Waals surface area contributed by atoms with Crippen molar-refractivity contribution in [3.05, 3.63) is 54.6 Å². The summed E-state index contributed by atoms with van der Waals surface area (Å²) in [5.41, 5.74) is 1.96. The Morgan fingerprint density at radius 1 is 1.09 bits per heavy atom. The molecule has 3 rings (SSSR count). The normalized spacial score (nSPS) is 19.1. The number of rotatable bonds is 5. The molecule has 1 heterocycles. The van der Waals surface area contributed by atoms with Crippen molar-refractivity contribution in [3.63, 3.8) is 0 Å². The van der Waals surface area contributed by atoms with Gasteiger partial charge in [-0.25, -0.2) is 8.42 Å². The summed E-state index contributed by atoms with van der Waals surface area (Å²) < 4.78 is 27.4. The van der Waals surface area contributed by atoms with Crippen LogP contribution in [0.4, 0.5) is 0 Å². The summed E-state index contributed by atoms with van der Waals surface area (Å²) in [4.78, 5) is 0.379. The largest absolute Gasteiger partial charge is 0.319 e. The zero-order chi connectivity index (χ0) is 16.3. The molecule has 122 valence electrons. The van der Waals surface area contributed by atoms with Gasteiger partial charge in [0.25, 0.3) is 0 Å². The number of hydrogen-bond donors (Lipinski definition) is 1. The number of benzene rings is 2. The van der Waals surface area contributed by atoms with E-state index in [9.17, 15) is 8.42 Å². The van der Waals surface area contributed by atoms with Crippen LogP contribution in [0.5, 0.6) is 0 Å². The van der Waals surface area contributed by atoms with Crippen LogP contribution in [0, 0.1) is 5.92 Å². The van der Waals surface area contributed by atoms with Crippen LogP contribution >= 0.6 is 0 Å². The van der Waals surface area contributed by atoms with Crippen molar-refractivity contribution in [3.8, 4) is 11.1 Å². The van der Waals surface area contributed by atoms with Gasteiger partial charge in [-0.15, -0.1) is 0 Å². The molecule has 0 aromatic heterocycles. The third-order valence-electron chi connectivity index (χ3n) is 4.32. The van der Waals surface area contributed by atoms with Crippen molar-refractivity contribution >= 4 is 10.0 Å². The van der Waals surface area contributed by atoms with E-state index >= 15 is 0 Å². The smallest absolute Gasteiger partial charge is 0.243 e. The molecule has 2 aromatic rings. The van der Waals surface area contributed by atoms with Crippen LogP contribution in [0.1, 0.15) is 6.42 Å². The molecule has 1 aliphatic rings. The van der Waals surface area contributed by atoms with Crippen LogP contribution in [0.15, 0.2) is 59.5 Å². The Kier molecular flexibility index (Phi) is 4.80. The average Bonchev–Trinajstić information content (AvgIpc) is 3.06. The molecular formula is C18H22N2O2S. The molecule has 5 heteroatoms. The Balaban J connectivity index is 1.87. The van der Waals surface area contributed by atoms with E-state index in [1.807, 2.05) is 49.5 Å². The molecule has 0 radical (unpaired) electrons. The Morgan fingerprint density at radius 3 is 2.57 bits per heavy atom. The molecule has 1 N–H and O–H groups in total. The van der Waals surface area contributed by atoms with Gasteiger partial charge in [-0.1, -0.05) is 42.5 Å². The fourth-order valence-corrected chi connectivity index (χ4v) is 4.66. The molecule has 1 aliphatic heterocycles. The second kappa shape index (κ2) is 6.83. The fraction of sp³-hybridized carbons (Fsp3) is 0.333. The minimum Gasteiger partial charge on any atom is -0.319 e. The molecule has 2 aromatic carbocycles. The summed E-state index contributed by atoms with van der Waals surface area (Å²) in [5, 5.41) is 3.13. The van der Waals surface area contributed by atoms with E-state index in [1.54, 1.807) is 16.4 Å². The van der Waals surface area contributed by atoms with E-state index in [0.29, 0.717) is 23.9 Å². The second-order valence-corrected chi connectivity index (χ2v) is 7.91. The first-order valence-electron chi connectivity index (χ1n) is 7.91. The van der Waals surface area contributed by atoms with E-state index in [-0.39, 0.29) is 0 Å². The maximum Gasteiger partial charge on any atom is 0.243 e. The summed E-state index contributed by atoms with van der Waals surface area (Å²) in [7, 11) is -1.51. The standard InChI is InChI=1S/C18H22N2O2S/c1-19-13-15-10-11-20(14-15)23(21,22)18-9-5-8-17(12-18)16-6-3-2-4-7-16/h2-9,12,15,19H,10-11,13-14H2,1H3. The topological polar surface area (TPSA) is 49.4 Å². The van der Waals surface area contributed by atoms with Gasteiger partial charge in [0, 0.05) is 13.1 Å². The Labute approximate surface area is 138 Å². The zero-order valence-electron chi connectivity index (χ0n) is 13.3. The minimum absolute atomic E-state index is 0.379. The zero-order valence-corrected chi connectivity index (χ0v) is 14.1. The van der Waals surface area contributed by atoms with Crippen molar-refractivity contribution < 1.29 is 8.42 Å². The molecule has 1 atom stereocenters. The summed E-state index contributed by atoms with van der Waals surface area (Å²) in [6, 6.07) is 17.1. The maximum absolute atomic E-state index is 12.9. The molecule has 0 bridgehead atoms. The second-order valence-electron chi connectivity index (χ2n) is 5.97. The van der Waals surface area contributed by atoms with Gasteiger partial charge in [-0.3, -0.25) is 0 Å². The first-order valence-corrected chi connectivity index (χ1v) is 9.35. The highest BCUT2D eigenvalue weighted by atomic mass is 32.2. The lowest BCUT2D eigenvalue weighted by molar-refractivity contribution is 0.451. The van der Waals surface area contributed by atoms with Gasteiger partial charge < -0.3 is 5.32 Å². The van der Waals surface area contributed by atoms with Crippen LogP contribution < -0.4 is 5.32 Å². The van der Waals surface area contributed by atoms with Gasteiger partial charge >= 0.3 is 0 Å². The fourth-order valence-electron chi connectivity index (χ4n) is 3.09. The van der Waals surface area contributed by atoms with Crippen molar-refractivity contribution in [1.82, 2.24) is 9.62 Å². The molecule has 1 unspecified atom stereocenters. The van der Waals surface area contributed by atoms with Gasteiger partial charge in [0.1, 0.15) is 0 Å². The van der Waals surface area contributed by atoms with Gasteiger partial charge in [0.15, 0.2) is 0 Å². The predicted molar refractivity (Wildman–Crippen MR) is 92.7 cm³/mol. The van der Waals surface area contributed by atoms with Crippen LogP contribution in [-0.2, 0) is 10.0 Å². The third kappa shape index (κ3) is 3.47. The lowest BCUT2D eigenvalue weighted by atomic mass is 10.1. The molecule has 0 saturated carbocycles. The number of nitrogens with zero attached hydrogens (tertiary/aromatic N) is 1. The lowest BCUT2D eigenvalue weighted by Gasteiger charge is -2.17. The number of nitrogens with one attached hydrogen (secondary N) is 1. The van der Waals surface area contributed by atoms with Crippen molar-refractivity contribution in [2.75, 3.05) is 26.7 Å². The Hall–Kier alpha value is -1.69. The van der Waals surface area contributed by atoms with E-state index in [2.05, 4.69) is 5.32 Å². The maximum atomic E-state index is 12.9. The molecule has 0 amide bonds. The molecule has 23 heavy (non-hydrogen) atoms. The van der Waals surface area contributed by atoms with Crippen molar-refractivity contribution in [1.29, 1.82) is 0 Å². The first-order chi connectivity index (χ1) is 11.1. The van der Waals surface area contributed by atoms with Crippen molar-refractivity contribution in [2.24, 2.45) is 5.92 Å². The van der Waals surface area contributed by atoms with Crippen LogP contribution in [0.3, 0.4) is 0 Å². The SMILES string of the molecule is CNCC1CCN(S(=O)(=O)c2cccc(-c3ccccc3)c2)C1. The summed E-state index contributed by atoms with van der Waals surface area (Å²) >= 11 is 0. The summed E-state index contributed by atoms with van der Waals surface area (Å²) in [6.07, 6.45) is 0.915. The van der Waals surface area contributed by atoms with Gasteiger partial charge in [-0.05, 0) is 49.2 Å². The quantitative estimate of drug-likeness (QED) is 0.917. The molecular weight excluding hydrogens is 308 g/mol. The highest BCUT2D eigenvalue weighted by Crippen LogP contribution is 2.27. The van der Waals surface area contributed by atoms with Crippen LogP contribution in [0.25, 0.3) is 11.1 Å². The van der Waals surface area contributed by atoms with E-state index in [4.69, 9.17) is 0 Å². The van der Waals surface area contributed by atoms with Crippen molar-refractivity contribution in [2.45, 2.75) is 11.3 Å². The highest BCUT2D eigenvalue weighted by molar-refractivity contribution is 7.89. The Bertz CT molecular complexity index is 760. The Morgan fingerprint density at radius 2 is 1.83 bits per heavy atom. The molecule has 1 fully saturated rings. The monoisotopic (exact) mass is 330 g/mol. The first kappa shape index (κ1) is 16.2. The van der Waals surface area contributed by atoms with Crippen LogP contribution in [0.2, 0.25) is 0 Å². The molecule has 4 nitrogen and oxygen atoms in total. The molecule has 1 saturated heterocycles. The predicted octanol–water partition coefficient (Wildman–Crippen LogP) is 2.58. The van der Waals surface area contributed by atoms with Gasteiger partial charge in [0.05, 0.1) is 4.90 Å². The number of hydrogen-bond acceptors (Lipinski definition) is 3. The summed E-state index contributed by atoms with van der Waals surface area (Å²) in [5.74, 6) is 0.395. The third-order valence-corrected chi connectivity index (χ3v) is 6.18. The van der Waals surface area contributed by atoms with E-state index in [0.717, 1.165) is 24.1 Å². The van der Waals surface area contributed by atoms with E-state index in [1.165, 1.54) is 0 Å². The van der Waals surface area contributed by atoms with Crippen LogP contribution in [-0.4, -0.2) is 39.4 Å². The minimum atomic E-state index is -3.41.